The van der Waals surface area contributed by atoms with Gasteiger partial charge in [-0.1, -0.05) is 6.92 Å². The van der Waals surface area contributed by atoms with Crippen LogP contribution in [0.3, 0.4) is 0 Å². The van der Waals surface area contributed by atoms with E-state index < -0.39 is 18.0 Å². The van der Waals surface area contributed by atoms with E-state index in [-0.39, 0.29) is 23.8 Å². The highest BCUT2D eigenvalue weighted by Gasteiger charge is 2.30. The molecule has 2 amide bonds. The van der Waals surface area contributed by atoms with Gasteiger partial charge < -0.3 is 25.4 Å². The van der Waals surface area contributed by atoms with Crippen LogP contribution in [0.2, 0.25) is 0 Å². The SMILES string of the molecule is CCc1c(-c2cc3cc(NC(=O)OC4CC(=O)N(C)C4)ncc3c(N)c2F)cnc2c1NCCO2. The molecule has 1 aromatic carbocycles. The minimum atomic E-state index is -0.724. The van der Waals surface area contributed by atoms with Crippen LogP contribution < -0.4 is 21.1 Å². The molecule has 1 atom stereocenters. The molecule has 1 saturated heterocycles. The van der Waals surface area contributed by atoms with E-state index in [4.69, 9.17) is 15.2 Å². The number of anilines is 3. The van der Waals surface area contributed by atoms with Gasteiger partial charge in [-0.05, 0) is 29.5 Å². The molecule has 2 aliphatic heterocycles. The number of nitrogens with two attached hydrogens (primary N) is 1. The average molecular weight is 481 g/mol. The fourth-order valence-electron chi connectivity index (χ4n) is 4.49. The zero-order valence-electron chi connectivity index (χ0n) is 19.4. The van der Waals surface area contributed by atoms with E-state index in [1.165, 1.54) is 11.1 Å². The van der Waals surface area contributed by atoms with E-state index in [0.29, 0.717) is 53.9 Å². The fraction of sp³-hybridized carbons (Fsp3) is 0.333. The molecule has 10 nitrogen and oxygen atoms in total. The van der Waals surface area contributed by atoms with E-state index >= 15 is 4.39 Å². The second-order valence-corrected chi connectivity index (χ2v) is 8.53. The third-order valence-corrected chi connectivity index (χ3v) is 6.25. The molecular formula is C24H25FN6O4. The number of nitrogen functional groups attached to an aromatic ring is 1. The van der Waals surface area contributed by atoms with Gasteiger partial charge in [0.25, 0.3) is 0 Å². The normalized spacial score (nSPS) is 17.1. The average Bonchev–Trinajstić information content (AvgIpc) is 3.16. The van der Waals surface area contributed by atoms with Crippen LogP contribution in [-0.2, 0) is 16.0 Å². The van der Waals surface area contributed by atoms with Gasteiger partial charge >= 0.3 is 6.09 Å². The van der Waals surface area contributed by atoms with Crippen molar-refractivity contribution in [3.05, 3.63) is 35.9 Å². The van der Waals surface area contributed by atoms with Gasteiger partial charge in [0.2, 0.25) is 11.8 Å². The highest BCUT2D eigenvalue weighted by atomic mass is 19.1. The van der Waals surface area contributed by atoms with Crippen LogP contribution in [0, 0.1) is 5.82 Å². The predicted octanol–water partition coefficient (Wildman–Crippen LogP) is 3.16. The molecule has 0 radical (unpaired) electrons. The van der Waals surface area contributed by atoms with E-state index in [0.717, 1.165) is 11.3 Å². The molecule has 0 saturated carbocycles. The van der Waals surface area contributed by atoms with Gasteiger partial charge in [-0.2, -0.15) is 0 Å². The van der Waals surface area contributed by atoms with Crippen molar-refractivity contribution in [2.45, 2.75) is 25.9 Å². The first kappa shape index (κ1) is 22.6. The first-order valence-electron chi connectivity index (χ1n) is 11.3. The maximum atomic E-state index is 15.4. The molecule has 11 heteroatoms. The molecule has 35 heavy (non-hydrogen) atoms. The molecule has 0 spiro atoms. The maximum Gasteiger partial charge on any atom is 0.413 e. The Kier molecular flexibility index (Phi) is 5.75. The predicted molar refractivity (Wildman–Crippen MR) is 129 cm³/mol. The standard InChI is InChI=1S/C24H25FN6O4/c1-3-14-17(10-29-23-22(14)27-4-5-34-23)15-6-12-7-18(28-9-16(12)21(26)20(15)25)30-24(33)35-13-8-19(32)31(2)11-13/h6-7,9-10,13,27H,3-5,8,11,26H2,1-2H3,(H,28,30,33). The molecule has 182 valence electrons. The summed E-state index contributed by atoms with van der Waals surface area (Å²) < 4.78 is 26.4. The summed E-state index contributed by atoms with van der Waals surface area (Å²) in [6.45, 7) is 3.46. The number of fused-ring (bicyclic) bond motifs is 2. The highest BCUT2D eigenvalue weighted by molar-refractivity contribution is 5.99. The number of likely N-dealkylation sites (N-methyl/N-ethyl adjacent to an activating group) is 1. The van der Waals surface area contributed by atoms with Crippen LogP contribution in [-0.4, -0.2) is 59.7 Å². The molecule has 0 aliphatic carbocycles. The van der Waals surface area contributed by atoms with Crippen LogP contribution in [0.15, 0.2) is 24.5 Å². The van der Waals surface area contributed by atoms with E-state index in [1.807, 2.05) is 6.92 Å². The van der Waals surface area contributed by atoms with Crippen molar-refractivity contribution in [1.29, 1.82) is 0 Å². The molecule has 1 unspecified atom stereocenters. The van der Waals surface area contributed by atoms with Gasteiger partial charge in [0.15, 0.2) is 5.82 Å². The van der Waals surface area contributed by atoms with Crippen molar-refractivity contribution >= 4 is 40.0 Å². The number of pyridine rings is 2. The molecule has 4 heterocycles. The lowest BCUT2D eigenvalue weighted by Gasteiger charge is -2.23. The summed E-state index contributed by atoms with van der Waals surface area (Å²) in [6, 6.07) is 3.26. The number of nitrogens with one attached hydrogen (secondary N) is 2. The second kappa shape index (κ2) is 8.90. The summed E-state index contributed by atoms with van der Waals surface area (Å²) in [7, 11) is 1.65. The van der Waals surface area contributed by atoms with Crippen molar-refractivity contribution in [2.24, 2.45) is 0 Å². The smallest absolute Gasteiger partial charge is 0.413 e. The minimum Gasteiger partial charge on any atom is -0.474 e. The first-order valence-corrected chi connectivity index (χ1v) is 11.3. The van der Waals surface area contributed by atoms with Gasteiger partial charge in [0.05, 0.1) is 18.7 Å². The Morgan fingerprint density at radius 2 is 2.17 bits per heavy atom. The Morgan fingerprint density at radius 1 is 1.34 bits per heavy atom. The van der Waals surface area contributed by atoms with Gasteiger partial charge in [0, 0.05) is 42.5 Å². The maximum absolute atomic E-state index is 15.4. The number of carbonyl (C=O) groups is 2. The van der Waals surface area contributed by atoms with Gasteiger partial charge in [-0.3, -0.25) is 10.1 Å². The number of carbonyl (C=O) groups excluding carboxylic acids is 2. The van der Waals surface area contributed by atoms with E-state index in [1.54, 1.807) is 25.4 Å². The third-order valence-electron chi connectivity index (χ3n) is 6.25. The highest BCUT2D eigenvalue weighted by Crippen LogP contribution is 2.40. The number of rotatable bonds is 4. The first-order chi connectivity index (χ1) is 16.9. The van der Waals surface area contributed by atoms with Gasteiger partial charge in [-0.15, -0.1) is 0 Å². The summed E-state index contributed by atoms with van der Waals surface area (Å²) >= 11 is 0. The second-order valence-electron chi connectivity index (χ2n) is 8.53. The molecule has 3 aromatic rings. The van der Waals surface area contributed by atoms with Gasteiger partial charge in [0.1, 0.15) is 24.2 Å². The monoisotopic (exact) mass is 480 g/mol. The summed E-state index contributed by atoms with van der Waals surface area (Å²) in [5.41, 5.74) is 8.63. The number of benzene rings is 1. The van der Waals surface area contributed by atoms with Crippen LogP contribution >= 0.6 is 0 Å². The van der Waals surface area contributed by atoms with Crippen LogP contribution in [0.1, 0.15) is 18.9 Å². The molecule has 1 fully saturated rings. The lowest BCUT2D eigenvalue weighted by atomic mass is 9.95. The largest absolute Gasteiger partial charge is 0.474 e. The number of ether oxygens (including phenoxy) is 2. The Morgan fingerprint density at radius 3 is 2.91 bits per heavy atom. The summed E-state index contributed by atoms with van der Waals surface area (Å²) in [6.07, 6.45) is 2.52. The van der Waals surface area contributed by atoms with Crippen LogP contribution in [0.25, 0.3) is 21.9 Å². The molecule has 5 rings (SSSR count). The van der Waals surface area contributed by atoms with Crippen molar-refractivity contribution in [3.63, 3.8) is 0 Å². The fourth-order valence-corrected chi connectivity index (χ4v) is 4.49. The van der Waals surface area contributed by atoms with Crippen molar-refractivity contribution < 1.29 is 23.5 Å². The number of nitrogens with zero attached hydrogens (tertiary/aromatic N) is 3. The number of hydrogen-bond donors (Lipinski definition) is 3. The summed E-state index contributed by atoms with van der Waals surface area (Å²) in [4.78, 5) is 34.0. The molecular weight excluding hydrogens is 455 g/mol. The topological polar surface area (TPSA) is 132 Å². The van der Waals surface area contributed by atoms with E-state index in [2.05, 4.69) is 20.6 Å². The Balaban J connectivity index is 1.48. The molecule has 0 bridgehead atoms. The van der Waals surface area contributed by atoms with E-state index in [9.17, 15) is 9.59 Å². The number of halogens is 1. The summed E-state index contributed by atoms with van der Waals surface area (Å²) in [5.74, 6) is 0.0611. The zero-order valence-corrected chi connectivity index (χ0v) is 19.4. The minimum absolute atomic E-state index is 0.0457. The molecule has 2 aliphatic rings. The zero-order chi connectivity index (χ0) is 24.7. The number of amides is 2. The summed E-state index contributed by atoms with van der Waals surface area (Å²) in [5, 5.41) is 6.87. The van der Waals surface area contributed by atoms with Crippen LogP contribution in [0.4, 0.5) is 26.4 Å². The Hall–Kier alpha value is -4.15. The lowest BCUT2D eigenvalue weighted by Crippen LogP contribution is -2.25. The quantitative estimate of drug-likeness (QED) is 0.485. The van der Waals surface area contributed by atoms with Crippen molar-refractivity contribution in [1.82, 2.24) is 14.9 Å². The van der Waals surface area contributed by atoms with Crippen molar-refractivity contribution in [2.75, 3.05) is 43.1 Å². The molecule has 4 N–H and O–H groups in total. The lowest BCUT2D eigenvalue weighted by molar-refractivity contribution is -0.126. The Labute approximate surface area is 200 Å². The van der Waals surface area contributed by atoms with Gasteiger partial charge in [-0.25, -0.2) is 19.2 Å². The van der Waals surface area contributed by atoms with Crippen LogP contribution in [0.5, 0.6) is 5.88 Å². The third kappa shape index (κ3) is 4.13. The number of hydrogen-bond acceptors (Lipinski definition) is 8. The number of likely N-dealkylation sites (tertiary alicyclic amines) is 1. The van der Waals surface area contributed by atoms with Crippen molar-refractivity contribution in [3.8, 4) is 17.0 Å². The number of aromatic nitrogens is 2. The molecule has 2 aromatic heterocycles. The Bertz CT molecular complexity index is 1350.